The van der Waals surface area contributed by atoms with Crippen molar-refractivity contribution >= 4 is 44.8 Å². The van der Waals surface area contributed by atoms with Crippen LogP contribution in [0.2, 0.25) is 0 Å². The Balaban J connectivity index is 1.45. The highest BCUT2D eigenvalue weighted by Gasteiger charge is 2.14. The first-order valence-electron chi connectivity index (χ1n) is 9.61. The fourth-order valence-corrected chi connectivity index (χ4v) is 4.48. The molecule has 0 fully saturated rings. The molecule has 0 saturated heterocycles. The fourth-order valence-electron chi connectivity index (χ4n) is 3.11. The highest BCUT2D eigenvalue weighted by atomic mass is 32.1. The van der Waals surface area contributed by atoms with Gasteiger partial charge in [-0.05, 0) is 42.7 Å². The Morgan fingerprint density at radius 3 is 2.42 bits per heavy atom. The average Bonchev–Trinajstić information content (AvgIpc) is 3.42. The van der Waals surface area contributed by atoms with Crippen molar-refractivity contribution in [1.82, 2.24) is 9.97 Å². The van der Waals surface area contributed by atoms with Crippen molar-refractivity contribution in [2.24, 2.45) is 0 Å². The summed E-state index contributed by atoms with van der Waals surface area (Å²) in [6.45, 7) is 3.81. The van der Waals surface area contributed by atoms with Gasteiger partial charge in [0, 0.05) is 40.2 Å². The first-order valence-corrected chi connectivity index (χ1v) is 11.3. The summed E-state index contributed by atoms with van der Waals surface area (Å²) in [4.78, 5) is 34.5. The van der Waals surface area contributed by atoms with E-state index in [1.807, 2.05) is 55.6 Å². The number of hydrogen-bond donors (Lipinski definition) is 2. The van der Waals surface area contributed by atoms with E-state index in [2.05, 4.69) is 20.6 Å². The first kappa shape index (κ1) is 20.9. The van der Waals surface area contributed by atoms with Crippen molar-refractivity contribution in [3.05, 3.63) is 92.9 Å². The Hall–Kier alpha value is -3.36. The van der Waals surface area contributed by atoms with Crippen LogP contribution in [0, 0.1) is 13.8 Å². The molecule has 2 heterocycles. The third-order valence-corrected chi connectivity index (χ3v) is 6.34. The summed E-state index contributed by atoms with van der Waals surface area (Å²) in [6, 6.07) is 13.3. The van der Waals surface area contributed by atoms with Crippen LogP contribution in [0.25, 0.3) is 0 Å². The molecule has 8 heteroatoms. The summed E-state index contributed by atoms with van der Waals surface area (Å²) in [5.74, 6) is -0.347. The van der Waals surface area contributed by atoms with Crippen LogP contribution in [0.15, 0.2) is 60.2 Å². The number of aryl methyl sites for hydroxylation is 2. The van der Waals surface area contributed by atoms with E-state index >= 15 is 0 Å². The summed E-state index contributed by atoms with van der Waals surface area (Å²) < 4.78 is 0. The smallest absolute Gasteiger partial charge is 0.257 e. The maximum Gasteiger partial charge on any atom is 0.257 e. The molecule has 156 valence electrons. The maximum absolute atomic E-state index is 12.6. The van der Waals surface area contributed by atoms with Crippen molar-refractivity contribution in [2.75, 3.05) is 10.6 Å². The zero-order valence-corrected chi connectivity index (χ0v) is 18.6. The van der Waals surface area contributed by atoms with E-state index in [-0.39, 0.29) is 11.8 Å². The molecule has 2 N–H and O–H groups in total. The molecule has 0 aliphatic carbocycles. The predicted molar refractivity (Wildman–Crippen MR) is 125 cm³/mol. The first-order chi connectivity index (χ1) is 15.0. The molecule has 0 spiro atoms. The summed E-state index contributed by atoms with van der Waals surface area (Å²) in [7, 11) is 0. The van der Waals surface area contributed by atoms with E-state index in [9.17, 15) is 9.59 Å². The topological polar surface area (TPSA) is 84.0 Å². The fraction of sp³-hybridized carbons (Fsp3) is 0.130. The number of carbonyl (C=O) groups is 2. The van der Waals surface area contributed by atoms with Crippen molar-refractivity contribution in [3.8, 4) is 0 Å². The van der Waals surface area contributed by atoms with Crippen molar-refractivity contribution in [1.29, 1.82) is 0 Å². The molecular weight excluding hydrogens is 428 g/mol. The molecule has 2 aromatic carbocycles. The normalized spacial score (nSPS) is 10.6. The van der Waals surface area contributed by atoms with Crippen molar-refractivity contribution < 1.29 is 9.59 Å². The van der Waals surface area contributed by atoms with Crippen molar-refractivity contribution in [2.45, 2.75) is 20.3 Å². The molecule has 4 rings (SSSR count). The van der Waals surface area contributed by atoms with E-state index in [1.165, 1.54) is 22.7 Å². The second-order valence-corrected chi connectivity index (χ2v) is 9.03. The zero-order chi connectivity index (χ0) is 21.8. The summed E-state index contributed by atoms with van der Waals surface area (Å²) in [5.41, 5.74) is 4.06. The van der Waals surface area contributed by atoms with Gasteiger partial charge in [0.05, 0.1) is 0 Å². The SMILES string of the molecule is Cc1ccc(Cc2cnc(NC(=O)c3ccccc3C)s2)cc1C(=O)Nc1nccs1. The summed E-state index contributed by atoms with van der Waals surface area (Å²) in [5, 5.41) is 8.64. The molecule has 2 amide bonds. The van der Waals surface area contributed by atoms with Crippen LogP contribution < -0.4 is 10.6 Å². The van der Waals surface area contributed by atoms with Crippen LogP contribution in [0.5, 0.6) is 0 Å². The molecule has 0 bridgehead atoms. The van der Waals surface area contributed by atoms with Gasteiger partial charge in [0.25, 0.3) is 11.8 Å². The monoisotopic (exact) mass is 448 g/mol. The Morgan fingerprint density at radius 2 is 1.65 bits per heavy atom. The number of amides is 2. The standard InChI is InChI=1S/C23H20N4O2S2/c1-14-5-3-4-6-18(14)20(28)27-23-25-13-17(31-23)11-16-8-7-15(2)19(12-16)21(29)26-22-24-9-10-30-22/h3-10,12-13H,11H2,1-2H3,(H,24,26,29)(H,25,27,28). The van der Waals surface area contributed by atoms with E-state index in [1.54, 1.807) is 18.5 Å². The van der Waals surface area contributed by atoms with Crippen LogP contribution in [0.1, 0.15) is 42.3 Å². The number of anilines is 2. The molecule has 2 aromatic heterocycles. The molecule has 0 saturated carbocycles. The number of nitrogens with zero attached hydrogens (tertiary/aromatic N) is 2. The average molecular weight is 449 g/mol. The Bertz CT molecular complexity index is 1230. The van der Waals surface area contributed by atoms with Gasteiger partial charge in [-0.3, -0.25) is 20.2 Å². The number of nitrogens with one attached hydrogen (secondary N) is 2. The number of hydrogen-bond acceptors (Lipinski definition) is 6. The summed E-state index contributed by atoms with van der Waals surface area (Å²) >= 11 is 2.81. The number of rotatable bonds is 6. The Morgan fingerprint density at radius 1 is 0.903 bits per heavy atom. The third-order valence-electron chi connectivity index (χ3n) is 4.74. The van der Waals surface area contributed by atoms with Gasteiger partial charge in [-0.1, -0.05) is 30.3 Å². The number of aromatic nitrogens is 2. The lowest BCUT2D eigenvalue weighted by Crippen LogP contribution is -2.13. The maximum atomic E-state index is 12.6. The zero-order valence-electron chi connectivity index (χ0n) is 17.0. The minimum Gasteiger partial charge on any atom is -0.298 e. The molecule has 6 nitrogen and oxygen atoms in total. The highest BCUT2D eigenvalue weighted by molar-refractivity contribution is 7.15. The van der Waals surface area contributed by atoms with Crippen LogP contribution >= 0.6 is 22.7 Å². The minimum absolute atomic E-state index is 0.171. The number of benzene rings is 2. The molecule has 4 aromatic rings. The Kier molecular flexibility index (Phi) is 6.20. The van der Waals surface area contributed by atoms with Gasteiger partial charge >= 0.3 is 0 Å². The van der Waals surface area contributed by atoms with E-state index in [0.29, 0.717) is 27.8 Å². The van der Waals surface area contributed by atoms with Crippen LogP contribution in [-0.4, -0.2) is 21.8 Å². The number of carbonyl (C=O) groups excluding carboxylic acids is 2. The summed E-state index contributed by atoms with van der Waals surface area (Å²) in [6.07, 6.45) is 4.03. The van der Waals surface area contributed by atoms with Gasteiger partial charge in [-0.25, -0.2) is 9.97 Å². The second kappa shape index (κ2) is 9.20. The molecule has 0 atom stereocenters. The van der Waals surface area contributed by atoms with Gasteiger partial charge in [-0.2, -0.15) is 0 Å². The highest BCUT2D eigenvalue weighted by Crippen LogP contribution is 2.24. The van der Waals surface area contributed by atoms with Crippen molar-refractivity contribution in [3.63, 3.8) is 0 Å². The van der Waals surface area contributed by atoms with Crippen LogP contribution in [-0.2, 0) is 6.42 Å². The minimum atomic E-state index is -0.176. The van der Waals surface area contributed by atoms with Gasteiger partial charge in [-0.15, -0.1) is 22.7 Å². The lowest BCUT2D eigenvalue weighted by atomic mass is 10.0. The van der Waals surface area contributed by atoms with E-state index < -0.39 is 0 Å². The van der Waals surface area contributed by atoms with Gasteiger partial charge < -0.3 is 0 Å². The Labute approximate surface area is 188 Å². The number of thiazole rings is 2. The largest absolute Gasteiger partial charge is 0.298 e. The molecule has 0 unspecified atom stereocenters. The quantitative estimate of drug-likeness (QED) is 0.419. The van der Waals surface area contributed by atoms with Gasteiger partial charge in [0.15, 0.2) is 10.3 Å². The van der Waals surface area contributed by atoms with Gasteiger partial charge in [0.2, 0.25) is 0 Å². The molecule has 0 radical (unpaired) electrons. The molecule has 31 heavy (non-hydrogen) atoms. The van der Waals surface area contributed by atoms with E-state index in [4.69, 9.17) is 0 Å². The van der Waals surface area contributed by atoms with Gasteiger partial charge in [0.1, 0.15) is 0 Å². The predicted octanol–water partition coefficient (Wildman–Crippen LogP) is 5.31. The van der Waals surface area contributed by atoms with E-state index in [0.717, 1.165) is 21.6 Å². The molecule has 0 aliphatic rings. The second-order valence-electron chi connectivity index (χ2n) is 7.02. The molecule has 0 aliphatic heterocycles. The third kappa shape index (κ3) is 5.04. The van der Waals surface area contributed by atoms with Crippen LogP contribution in [0.4, 0.5) is 10.3 Å². The lowest BCUT2D eigenvalue weighted by Gasteiger charge is -2.08. The van der Waals surface area contributed by atoms with Crippen LogP contribution in [0.3, 0.4) is 0 Å². The molecular formula is C23H20N4O2S2. The lowest BCUT2D eigenvalue weighted by molar-refractivity contribution is 0.101.